The zero-order chi connectivity index (χ0) is 15.2. The quantitative estimate of drug-likeness (QED) is 0.821. The Bertz CT molecular complexity index is 591. The molecule has 0 N–H and O–H groups in total. The van der Waals surface area contributed by atoms with Crippen LogP contribution < -0.4 is 9.47 Å². The van der Waals surface area contributed by atoms with Gasteiger partial charge in [-0.25, -0.2) is 0 Å². The fraction of sp³-hybridized carbons (Fsp3) is 0.333. The summed E-state index contributed by atoms with van der Waals surface area (Å²) in [4.78, 5) is 0. The monoisotopic (exact) mass is 300 g/mol. The number of ether oxygens (including phenoxy) is 4. The van der Waals surface area contributed by atoms with Gasteiger partial charge in [0.15, 0.2) is 6.29 Å². The van der Waals surface area contributed by atoms with Crippen molar-refractivity contribution in [2.45, 2.75) is 19.3 Å². The Morgan fingerprint density at radius 1 is 1.05 bits per heavy atom. The van der Waals surface area contributed by atoms with E-state index < -0.39 is 0 Å². The maximum absolute atomic E-state index is 5.97. The average Bonchev–Trinajstić information content (AvgIpc) is 3.07. The molecule has 2 aromatic rings. The topological polar surface area (TPSA) is 36.9 Å². The normalized spacial score (nSPS) is 15.0. The van der Waals surface area contributed by atoms with E-state index in [0.29, 0.717) is 26.2 Å². The van der Waals surface area contributed by atoms with Gasteiger partial charge in [0.1, 0.15) is 18.1 Å². The molecule has 0 radical (unpaired) electrons. The summed E-state index contributed by atoms with van der Waals surface area (Å²) in [6.45, 7) is 1.83. The van der Waals surface area contributed by atoms with Crippen LogP contribution in [0.2, 0.25) is 0 Å². The minimum atomic E-state index is -0.203. The molecular weight excluding hydrogens is 280 g/mol. The van der Waals surface area contributed by atoms with Crippen molar-refractivity contribution < 1.29 is 18.9 Å². The summed E-state index contributed by atoms with van der Waals surface area (Å²) in [5, 5.41) is 0. The van der Waals surface area contributed by atoms with Gasteiger partial charge in [0.25, 0.3) is 0 Å². The molecule has 0 saturated carbocycles. The zero-order valence-corrected chi connectivity index (χ0v) is 12.7. The van der Waals surface area contributed by atoms with Crippen molar-refractivity contribution in [3.63, 3.8) is 0 Å². The maximum atomic E-state index is 5.97. The minimum absolute atomic E-state index is 0.203. The van der Waals surface area contributed by atoms with Crippen molar-refractivity contribution in [3.8, 4) is 11.5 Å². The Hall–Kier alpha value is -2.04. The lowest BCUT2D eigenvalue weighted by molar-refractivity contribution is -0.0403. The third kappa shape index (κ3) is 3.78. The fourth-order valence-corrected chi connectivity index (χ4v) is 2.42. The van der Waals surface area contributed by atoms with E-state index in [1.165, 1.54) is 0 Å². The lowest BCUT2D eigenvalue weighted by Crippen LogP contribution is -2.12. The van der Waals surface area contributed by atoms with Crippen molar-refractivity contribution in [3.05, 3.63) is 59.7 Å². The molecule has 4 heteroatoms. The van der Waals surface area contributed by atoms with Crippen LogP contribution in [0.15, 0.2) is 48.5 Å². The van der Waals surface area contributed by atoms with Crippen molar-refractivity contribution in [2.24, 2.45) is 0 Å². The molecule has 0 amide bonds. The molecule has 0 bridgehead atoms. The smallest absolute Gasteiger partial charge is 0.161 e. The minimum Gasteiger partial charge on any atom is -0.497 e. The van der Waals surface area contributed by atoms with Crippen molar-refractivity contribution in [1.82, 2.24) is 0 Å². The molecule has 1 saturated heterocycles. The SMILES string of the molecule is COc1ccc(OCc2ccccc2)c(CC2OCCO2)c1. The second-order valence-corrected chi connectivity index (χ2v) is 5.12. The summed E-state index contributed by atoms with van der Waals surface area (Å²) in [7, 11) is 1.66. The molecular formula is C18H20O4. The van der Waals surface area contributed by atoms with Crippen LogP contribution in [0, 0.1) is 0 Å². The second kappa shape index (κ2) is 7.29. The van der Waals surface area contributed by atoms with Gasteiger partial charge in [0.2, 0.25) is 0 Å². The van der Waals surface area contributed by atoms with E-state index in [2.05, 4.69) is 0 Å². The van der Waals surface area contributed by atoms with Crippen LogP contribution in [0.25, 0.3) is 0 Å². The van der Waals surface area contributed by atoms with Crippen LogP contribution in [-0.4, -0.2) is 26.6 Å². The first kappa shape index (κ1) is 14.9. The van der Waals surface area contributed by atoms with Gasteiger partial charge in [0.05, 0.1) is 20.3 Å². The fourth-order valence-electron chi connectivity index (χ4n) is 2.42. The summed E-state index contributed by atoms with van der Waals surface area (Å²) in [5.74, 6) is 1.64. The Morgan fingerprint density at radius 2 is 1.82 bits per heavy atom. The van der Waals surface area contributed by atoms with Crippen LogP contribution in [0.4, 0.5) is 0 Å². The van der Waals surface area contributed by atoms with Gasteiger partial charge in [-0.2, -0.15) is 0 Å². The predicted octanol–water partition coefficient (Wildman–Crippen LogP) is 3.19. The lowest BCUT2D eigenvalue weighted by Gasteiger charge is -2.15. The first-order valence-electron chi connectivity index (χ1n) is 7.42. The molecule has 22 heavy (non-hydrogen) atoms. The number of methoxy groups -OCH3 is 1. The molecule has 0 unspecified atom stereocenters. The van der Waals surface area contributed by atoms with Gasteiger partial charge in [-0.05, 0) is 23.8 Å². The van der Waals surface area contributed by atoms with Crippen LogP contribution in [0.3, 0.4) is 0 Å². The van der Waals surface area contributed by atoms with E-state index in [0.717, 1.165) is 22.6 Å². The molecule has 0 aromatic heterocycles. The van der Waals surface area contributed by atoms with Gasteiger partial charge in [-0.15, -0.1) is 0 Å². The Labute approximate surface area is 130 Å². The predicted molar refractivity (Wildman–Crippen MR) is 83.2 cm³/mol. The van der Waals surface area contributed by atoms with Crippen molar-refractivity contribution >= 4 is 0 Å². The molecule has 1 fully saturated rings. The summed E-state index contributed by atoms with van der Waals surface area (Å²) < 4.78 is 22.3. The van der Waals surface area contributed by atoms with E-state index in [9.17, 15) is 0 Å². The summed E-state index contributed by atoms with van der Waals surface area (Å²) in [6, 6.07) is 15.9. The van der Waals surface area contributed by atoms with E-state index in [4.69, 9.17) is 18.9 Å². The Morgan fingerprint density at radius 3 is 2.55 bits per heavy atom. The molecule has 2 aromatic carbocycles. The van der Waals surface area contributed by atoms with Crippen molar-refractivity contribution in [1.29, 1.82) is 0 Å². The maximum Gasteiger partial charge on any atom is 0.161 e. The highest BCUT2D eigenvalue weighted by Gasteiger charge is 2.19. The number of hydrogen-bond donors (Lipinski definition) is 0. The van der Waals surface area contributed by atoms with Crippen molar-refractivity contribution in [2.75, 3.05) is 20.3 Å². The van der Waals surface area contributed by atoms with Gasteiger partial charge < -0.3 is 18.9 Å². The van der Waals surface area contributed by atoms with Crippen LogP contribution in [-0.2, 0) is 22.5 Å². The molecule has 1 aliphatic heterocycles. The van der Waals surface area contributed by atoms with E-state index >= 15 is 0 Å². The number of benzene rings is 2. The Kier molecular flexibility index (Phi) is 4.93. The molecule has 0 spiro atoms. The van der Waals surface area contributed by atoms with Gasteiger partial charge >= 0.3 is 0 Å². The zero-order valence-electron chi connectivity index (χ0n) is 12.7. The first-order chi connectivity index (χ1) is 10.8. The molecule has 4 nitrogen and oxygen atoms in total. The number of hydrogen-bond acceptors (Lipinski definition) is 4. The third-order valence-electron chi connectivity index (χ3n) is 3.58. The average molecular weight is 300 g/mol. The van der Waals surface area contributed by atoms with E-state index in [1.807, 2.05) is 48.5 Å². The van der Waals surface area contributed by atoms with Crippen LogP contribution >= 0.6 is 0 Å². The summed E-state index contributed by atoms with van der Waals surface area (Å²) in [6.07, 6.45) is 0.451. The molecule has 0 aliphatic carbocycles. The van der Waals surface area contributed by atoms with Crippen LogP contribution in [0.5, 0.6) is 11.5 Å². The molecule has 1 heterocycles. The lowest BCUT2D eigenvalue weighted by atomic mass is 10.1. The summed E-state index contributed by atoms with van der Waals surface area (Å²) in [5.41, 5.74) is 2.17. The number of rotatable bonds is 6. The molecule has 1 aliphatic rings. The molecule has 0 atom stereocenters. The largest absolute Gasteiger partial charge is 0.497 e. The van der Waals surface area contributed by atoms with Gasteiger partial charge in [-0.1, -0.05) is 30.3 Å². The highest BCUT2D eigenvalue weighted by atomic mass is 16.7. The third-order valence-corrected chi connectivity index (χ3v) is 3.58. The first-order valence-corrected chi connectivity index (χ1v) is 7.42. The Balaban J connectivity index is 1.73. The standard InChI is InChI=1S/C18H20O4/c1-19-16-7-8-17(22-13-14-5-3-2-4-6-14)15(11-16)12-18-20-9-10-21-18/h2-8,11,18H,9-10,12-13H2,1H3. The van der Waals surface area contributed by atoms with E-state index in [-0.39, 0.29) is 6.29 Å². The highest BCUT2D eigenvalue weighted by molar-refractivity contribution is 5.40. The second-order valence-electron chi connectivity index (χ2n) is 5.12. The van der Waals surface area contributed by atoms with Gasteiger partial charge in [0, 0.05) is 12.0 Å². The van der Waals surface area contributed by atoms with E-state index in [1.54, 1.807) is 7.11 Å². The van der Waals surface area contributed by atoms with Crippen LogP contribution in [0.1, 0.15) is 11.1 Å². The van der Waals surface area contributed by atoms with Gasteiger partial charge in [-0.3, -0.25) is 0 Å². The molecule has 116 valence electrons. The summed E-state index contributed by atoms with van der Waals surface area (Å²) >= 11 is 0. The molecule has 3 rings (SSSR count). The highest BCUT2D eigenvalue weighted by Crippen LogP contribution is 2.27.